The van der Waals surface area contributed by atoms with Crippen molar-refractivity contribution in [2.45, 2.75) is 24.7 Å². The third-order valence-electron chi connectivity index (χ3n) is 3.47. The predicted octanol–water partition coefficient (Wildman–Crippen LogP) is 1.36. The molecule has 1 aliphatic rings. The molecule has 0 saturated heterocycles. The fourth-order valence-corrected chi connectivity index (χ4v) is 2.48. The quantitative estimate of drug-likeness (QED) is 0.746. The van der Waals surface area contributed by atoms with Crippen molar-refractivity contribution in [3.8, 4) is 0 Å². The van der Waals surface area contributed by atoms with E-state index in [1.165, 1.54) is 0 Å². The van der Waals surface area contributed by atoms with E-state index in [4.69, 9.17) is 5.11 Å². The highest BCUT2D eigenvalue weighted by molar-refractivity contribution is 5.81. The molecule has 1 aromatic carbocycles. The van der Waals surface area contributed by atoms with Gasteiger partial charge in [-0.3, -0.25) is 4.79 Å². The summed E-state index contributed by atoms with van der Waals surface area (Å²) < 4.78 is 0. The number of imidazole rings is 1. The molecule has 0 atom stereocenters. The molecule has 3 rings (SSSR count). The zero-order chi connectivity index (χ0) is 12.0. The van der Waals surface area contributed by atoms with E-state index in [-0.39, 0.29) is 17.5 Å². The largest absolute Gasteiger partial charge is 0.481 e. The minimum Gasteiger partial charge on any atom is -0.481 e. The van der Waals surface area contributed by atoms with Crippen LogP contribution >= 0.6 is 0 Å². The normalized spacial score (nSPS) is 17.2. The van der Waals surface area contributed by atoms with Gasteiger partial charge < -0.3 is 15.1 Å². The Labute approximate surface area is 96.5 Å². The molecule has 0 aliphatic heterocycles. The summed E-state index contributed by atoms with van der Waals surface area (Å²) in [6.07, 6.45) is 1.86. The van der Waals surface area contributed by atoms with Crippen molar-refractivity contribution in [1.82, 2.24) is 9.97 Å². The van der Waals surface area contributed by atoms with Crippen molar-refractivity contribution >= 4 is 17.0 Å². The highest BCUT2D eigenvalue weighted by atomic mass is 16.4. The van der Waals surface area contributed by atoms with Crippen LogP contribution in [0.4, 0.5) is 0 Å². The SMILES string of the molecule is O=C(O)CC1(c2cccc3[nH]c(=O)[nH]c23)CC1. The number of H-pyrrole nitrogens is 2. The number of nitrogens with one attached hydrogen (secondary N) is 2. The van der Waals surface area contributed by atoms with Crippen LogP contribution in [0, 0.1) is 0 Å². The molecule has 2 aromatic rings. The summed E-state index contributed by atoms with van der Waals surface area (Å²) in [6, 6.07) is 5.57. The lowest BCUT2D eigenvalue weighted by atomic mass is 9.91. The first kappa shape index (κ1) is 10.1. The number of para-hydroxylation sites is 1. The Morgan fingerprint density at radius 2 is 2.12 bits per heavy atom. The molecular weight excluding hydrogens is 220 g/mol. The lowest BCUT2D eigenvalue weighted by Crippen LogP contribution is -2.13. The van der Waals surface area contributed by atoms with Gasteiger partial charge in [0.1, 0.15) is 0 Å². The molecule has 0 unspecified atom stereocenters. The monoisotopic (exact) mass is 232 g/mol. The molecule has 5 heteroatoms. The van der Waals surface area contributed by atoms with Crippen LogP contribution in [0.15, 0.2) is 23.0 Å². The molecule has 5 nitrogen and oxygen atoms in total. The maximum absolute atomic E-state index is 11.3. The summed E-state index contributed by atoms with van der Waals surface area (Å²) >= 11 is 0. The number of carboxylic acids is 1. The van der Waals surface area contributed by atoms with Crippen molar-refractivity contribution in [1.29, 1.82) is 0 Å². The number of aliphatic carboxylic acids is 1. The van der Waals surface area contributed by atoms with Crippen LogP contribution in [0.5, 0.6) is 0 Å². The lowest BCUT2D eigenvalue weighted by molar-refractivity contribution is -0.137. The fourth-order valence-electron chi connectivity index (χ4n) is 2.48. The third kappa shape index (κ3) is 1.54. The van der Waals surface area contributed by atoms with Gasteiger partial charge in [0.25, 0.3) is 0 Å². The van der Waals surface area contributed by atoms with Gasteiger partial charge >= 0.3 is 11.7 Å². The number of rotatable bonds is 3. The van der Waals surface area contributed by atoms with Crippen LogP contribution in [-0.2, 0) is 10.2 Å². The Kier molecular flexibility index (Phi) is 1.92. The maximum atomic E-state index is 11.3. The molecule has 0 radical (unpaired) electrons. The van der Waals surface area contributed by atoms with Crippen molar-refractivity contribution in [3.63, 3.8) is 0 Å². The van der Waals surface area contributed by atoms with E-state index in [1.54, 1.807) is 0 Å². The molecule has 1 fully saturated rings. The van der Waals surface area contributed by atoms with E-state index < -0.39 is 5.97 Å². The molecular formula is C12H12N2O3. The smallest absolute Gasteiger partial charge is 0.323 e. The zero-order valence-corrected chi connectivity index (χ0v) is 9.12. The summed E-state index contributed by atoms with van der Waals surface area (Å²) in [6.45, 7) is 0. The van der Waals surface area contributed by atoms with Crippen LogP contribution < -0.4 is 5.69 Å². The summed E-state index contributed by atoms with van der Waals surface area (Å²) in [5, 5.41) is 8.95. The Morgan fingerprint density at radius 1 is 1.35 bits per heavy atom. The molecule has 88 valence electrons. The number of benzene rings is 1. The number of hydrogen-bond acceptors (Lipinski definition) is 2. The second-order valence-electron chi connectivity index (χ2n) is 4.66. The van der Waals surface area contributed by atoms with E-state index in [2.05, 4.69) is 9.97 Å². The number of hydrogen-bond donors (Lipinski definition) is 3. The van der Waals surface area contributed by atoms with Crippen LogP contribution in [0.25, 0.3) is 11.0 Å². The van der Waals surface area contributed by atoms with E-state index in [0.717, 1.165) is 29.4 Å². The topological polar surface area (TPSA) is 85.9 Å². The molecule has 0 bridgehead atoms. The lowest BCUT2D eigenvalue weighted by Gasteiger charge is -2.13. The van der Waals surface area contributed by atoms with Crippen LogP contribution in [0.1, 0.15) is 24.8 Å². The molecule has 0 spiro atoms. The Balaban J connectivity index is 2.17. The van der Waals surface area contributed by atoms with E-state index >= 15 is 0 Å². The number of carbonyl (C=O) groups is 1. The van der Waals surface area contributed by atoms with Gasteiger partial charge in [0.15, 0.2) is 0 Å². The highest BCUT2D eigenvalue weighted by Crippen LogP contribution is 2.52. The average molecular weight is 232 g/mol. The number of aromatic amines is 2. The minimum atomic E-state index is -0.794. The van der Waals surface area contributed by atoms with E-state index in [0.29, 0.717) is 0 Å². The molecule has 1 saturated carbocycles. The van der Waals surface area contributed by atoms with Crippen LogP contribution in [0.2, 0.25) is 0 Å². The molecule has 3 N–H and O–H groups in total. The van der Waals surface area contributed by atoms with Gasteiger partial charge in [-0.25, -0.2) is 4.79 Å². The molecule has 1 aromatic heterocycles. The summed E-state index contributed by atoms with van der Waals surface area (Å²) in [7, 11) is 0. The molecule has 17 heavy (non-hydrogen) atoms. The summed E-state index contributed by atoms with van der Waals surface area (Å²) in [4.78, 5) is 27.6. The molecule has 1 heterocycles. The van der Waals surface area contributed by atoms with Gasteiger partial charge in [-0.05, 0) is 24.5 Å². The summed E-state index contributed by atoms with van der Waals surface area (Å²) in [5.41, 5.74) is 1.89. The Hall–Kier alpha value is -2.04. The third-order valence-corrected chi connectivity index (χ3v) is 3.47. The highest BCUT2D eigenvalue weighted by Gasteiger charge is 2.47. The predicted molar refractivity (Wildman–Crippen MR) is 62.1 cm³/mol. The number of aromatic nitrogens is 2. The number of carboxylic acid groups (broad SMARTS) is 1. The molecule has 1 aliphatic carbocycles. The second-order valence-corrected chi connectivity index (χ2v) is 4.66. The van der Waals surface area contributed by atoms with Gasteiger partial charge in [-0.1, -0.05) is 12.1 Å². The maximum Gasteiger partial charge on any atom is 0.323 e. The first-order chi connectivity index (χ1) is 8.11. The van der Waals surface area contributed by atoms with E-state index in [9.17, 15) is 9.59 Å². The second kappa shape index (κ2) is 3.23. The average Bonchev–Trinajstić information content (AvgIpc) is 2.90. The van der Waals surface area contributed by atoms with Gasteiger partial charge in [-0.2, -0.15) is 0 Å². The van der Waals surface area contributed by atoms with Crippen molar-refractivity contribution in [3.05, 3.63) is 34.2 Å². The van der Waals surface area contributed by atoms with Crippen LogP contribution in [-0.4, -0.2) is 21.0 Å². The van der Waals surface area contributed by atoms with Crippen molar-refractivity contribution in [2.24, 2.45) is 0 Å². The standard InChI is InChI=1S/C12H12N2O3/c15-9(16)6-12(4-5-12)7-2-1-3-8-10(7)14-11(17)13-8/h1-3H,4-6H2,(H,15,16)(H2,13,14,17). The van der Waals surface area contributed by atoms with Gasteiger partial charge in [0.05, 0.1) is 17.5 Å². The Morgan fingerprint density at radius 3 is 2.76 bits per heavy atom. The molecule has 0 amide bonds. The zero-order valence-electron chi connectivity index (χ0n) is 9.12. The number of fused-ring (bicyclic) bond motifs is 1. The van der Waals surface area contributed by atoms with Crippen molar-refractivity contribution < 1.29 is 9.90 Å². The first-order valence-corrected chi connectivity index (χ1v) is 5.54. The Bertz CT molecular complexity index is 649. The van der Waals surface area contributed by atoms with Crippen molar-refractivity contribution in [2.75, 3.05) is 0 Å². The fraction of sp³-hybridized carbons (Fsp3) is 0.333. The van der Waals surface area contributed by atoms with Gasteiger partial charge in [-0.15, -0.1) is 0 Å². The van der Waals surface area contributed by atoms with Gasteiger partial charge in [0, 0.05) is 5.41 Å². The van der Waals surface area contributed by atoms with Crippen LogP contribution in [0.3, 0.4) is 0 Å². The first-order valence-electron chi connectivity index (χ1n) is 5.54. The van der Waals surface area contributed by atoms with Gasteiger partial charge in [0.2, 0.25) is 0 Å². The van der Waals surface area contributed by atoms with E-state index in [1.807, 2.05) is 18.2 Å². The summed E-state index contributed by atoms with van der Waals surface area (Å²) in [5.74, 6) is -0.794. The minimum absolute atomic E-state index is 0.124.